The lowest BCUT2D eigenvalue weighted by Gasteiger charge is -2.39. The van der Waals surface area contributed by atoms with Crippen LogP contribution in [0.5, 0.6) is 0 Å². The molecule has 7 heteroatoms. The number of piperidine rings is 1. The predicted octanol–water partition coefficient (Wildman–Crippen LogP) is 2.34. The first-order valence-corrected chi connectivity index (χ1v) is 9.53. The van der Waals surface area contributed by atoms with Gasteiger partial charge in [0.2, 0.25) is 11.8 Å². The van der Waals surface area contributed by atoms with Gasteiger partial charge in [-0.3, -0.25) is 9.59 Å². The van der Waals surface area contributed by atoms with Crippen LogP contribution in [0.4, 0.5) is 8.78 Å². The number of halogens is 2. The van der Waals surface area contributed by atoms with Crippen molar-refractivity contribution < 1.29 is 23.1 Å². The lowest BCUT2D eigenvalue weighted by atomic mass is 9.77. The maximum absolute atomic E-state index is 13.4. The second kappa shape index (κ2) is 7.19. The fourth-order valence-electron chi connectivity index (χ4n) is 4.57. The zero-order chi connectivity index (χ0) is 19.0. The first-order chi connectivity index (χ1) is 12.9. The normalized spacial score (nSPS) is 24.8. The van der Waals surface area contributed by atoms with Crippen LogP contribution in [0.1, 0.15) is 31.2 Å². The Kier molecular flexibility index (Phi) is 4.88. The summed E-state index contributed by atoms with van der Waals surface area (Å²) in [4.78, 5) is 28.6. The van der Waals surface area contributed by atoms with Gasteiger partial charge in [-0.25, -0.2) is 8.78 Å². The molecule has 3 fully saturated rings. The van der Waals surface area contributed by atoms with Crippen molar-refractivity contribution >= 4 is 11.8 Å². The molecule has 146 valence electrons. The molecule has 1 atom stereocenters. The highest BCUT2D eigenvalue weighted by molar-refractivity contribution is 5.81. The second-order valence-electron chi connectivity index (χ2n) is 8.09. The second-order valence-corrected chi connectivity index (χ2v) is 8.09. The Balaban J connectivity index is 1.37. The lowest BCUT2D eigenvalue weighted by Crippen LogP contribution is -2.46. The molecule has 1 aromatic carbocycles. The quantitative estimate of drug-likeness (QED) is 0.811. The van der Waals surface area contributed by atoms with E-state index in [0.29, 0.717) is 44.8 Å². The van der Waals surface area contributed by atoms with Crippen LogP contribution < -0.4 is 0 Å². The van der Waals surface area contributed by atoms with Crippen molar-refractivity contribution in [1.29, 1.82) is 0 Å². The van der Waals surface area contributed by atoms with Crippen LogP contribution in [0.3, 0.4) is 0 Å². The Bertz CT molecular complexity index is 720. The van der Waals surface area contributed by atoms with Crippen LogP contribution in [0, 0.1) is 23.0 Å². The number of hydrogen-bond acceptors (Lipinski definition) is 3. The summed E-state index contributed by atoms with van der Waals surface area (Å²) in [6.45, 7) is 3.28. The third-order valence-corrected chi connectivity index (χ3v) is 6.12. The van der Waals surface area contributed by atoms with Crippen LogP contribution in [0.15, 0.2) is 18.2 Å². The van der Waals surface area contributed by atoms with Gasteiger partial charge in [0, 0.05) is 50.7 Å². The van der Waals surface area contributed by atoms with Crippen LogP contribution in [0.2, 0.25) is 0 Å². The third-order valence-electron chi connectivity index (χ3n) is 6.12. The Morgan fingerprint density at radius 2 is 1.89 bits per heavy atom. The summed E-state index contributed by atoms with van der Waals surface area (Å²) in [5.41, 5.74) is 0.332. The number of hydrogen-bond donors (Lipinski definition) is 0. The molecule has 0 radical (unpaired) electrons. The van der Waals surface area contributed by atoms with E-state index in [-0.39, 0.29) is 29.7 Å². The summed E-state index contributed by atoms with van der Waals surface area (Å²) < 4.78 is 32.1. The van der Waals surface area contributed by atoms with Gasteiger partial charge in [0.05, 0.1) is 12.5 Å². The summed E-state index contributed by atoms with van der Waals surface area (Å²) in [5.74, 6) is -1.10. The minimum absolute atomic E-state index is 0.0173. The predicted molar refractivity (Wildman–Crippen MR) is 93.6 cm³/mol. The number of likely N-dealkylation sites (tertiary alicyclic amines) is 2. The Morgan fingerprint density at radius 1 is 1.19 bits per heavy atom. The molecule has 2 amide bonds. The van der Waals surface area contributed by atoms with Gasteiger partial charge in [-0.2, -0.15) is 0 Å². The Labute approximate surface area is 157 Å². The number of carbonyl (C=O) groups is 2. The first kappa shape index (κ1) is 18.3. The zero-order valence-electron chi connectivity index (χ0n) is 15.3. The maximum atomic E-state index is 13.4. The number of benzene rings is 1. The summed E-state index contributed by atoms with van der Waals surface area (Å²) in [6.07, 6.45) is 2.80. The molecule has 3 aliphatic rings. The Morgan fingerprint density at radius 3 is 2.52 bits per heavy atom. The van der Waals surface area contributed by atoms with E-state index in [1.54, 1.807) is 4.90 Å². The number of rotatable bonds is 3. The average Bonchev–Trinajstić information content (AvgIpc) is 3.23. The molecule has 1 spiro atoms. The fourth-order valence-corrected chi connectivity index (χ4v) is 4.57. The largest absolute Gasteiger partial charge is 0.381 e. The minimum atomic E-state index is -0.630. The minimum Gasteiger partial charge on any atom is -0.381 e. The molecule has 5 nitrogen and oxygen atoms in total. The van der Waals surface area contributed by atoms with Gasteiger partial charge in [-0.05, 0) is 37.0 Å². The number of ether oxygens (including phenoxy) is 1. The van der Waals surface area contributed by atoms with Gasteiger partial charge < -0.3 is 14.5 Å². The molecule has 1 aromatic rings. The molecule has 0 aliphatic carbocycles. The van der Waals surface area contributed by atoms with E-state index in [1.807, 2.05) is 4.90 Å². The monoisotopic (exact) mass is 378 g/mol. The van der Waals surface area contributed by atoms with E-state index in [4.69, 9.17) is 4.74 Å². The summed E-state index contributed by atoms with van der Waals surface area (Å²) in [6, 6.07) is 3.37. The smallest absolute Gasteiger partial charge is 0.228 e. The molecular weight excluding hydrogens is 354 g/mol. The molecule has 3 heterocycles. The molecule has 4 rings (SSSR count). The topological polar surface area (TPSA) is 49.9 Å². The van der Waals surface area contributed by atoms with Crippen molar-refractivity contribution in [2.75, 3.05) is 32.8 Å². The van der Waals surface area contributed by atoms with E-state index >= 15 is 0 Å². The van der Waals surface area contributed by atoms with Crippen LogP contribution in [-0.4, -0.2) is 54.5 Å². The van der Waals surface area contributed by atoms with E-state index in [1.165, 1.54) is 12.1 Å². The van der Waals surface area contributed by atoms with Crippen molar-refractivity contribution in [1.82, 2.24) is 9.80 Å². The molecule has 0 aromatic heterocycles. The van der Waals surface area contributed by atoms with Crippen LogP contribution >= 0.6 is 0 Å². The summed E-state index contributed by atoms with van der Waals surface area (Å²) in [5, 5.41) is 0. The highest BCUT2D eigenvalue weighted by Gasteiger charge is 2.46. The van der Waals surface area contributed by atoms with Crippen molar-refractivity contribution in [2.45, 2.75) is 32.2 Å². The molecular formula is C20H24F2N2O3. The van der Waals surface area contributed by atoms with E-state index in [0.717, 1.165) is 25.3 Å². The van der Waals surface area contributed by atoms with Crippen molar-refractivity contribution in [3.63, 3.8) is 0 Å². The molecule has 0 bridgehead atoms. The van der Waals surface area contributed by atoms with E-state index < -0.39 is 11.6 Å². The van der Waals surface area contributed by atoms with E-state index in [2.05, 4.69) is 0 Å². The van der Waals surface area contributed by atoms with Crippen molar-refractivity contribution in [3.8, 4) is 0 Å². The standard InChI is InChI=1S/C20H24F2N2O3/c21-16-7-14(8-17(22)9-16)11-24-13-20(10-18(24)25)2-4-23(5-3-20)19(26)15-1-6-27-12-15/h7-9,15H,1-6,10-13H2/t15-/m0/s1. The maximum Gasteiger partial charge on any atom is 0.228 e. The number of nitrogens with zero attached hydrogens (tertiary/aromatic N) is 2. The highest BCUT2D eigenvalue weighted by atomic mass is 19.1. The van der Waals surface area contributed by atoms with Gasteiger partial charge in [-0.1, -0.05) is 0 Å². The summed E-state index contributed by atoms with van der Waals surface area (Å²) >= 11 is 0. The summed E-state index contributed by atoms with van der Waals surface area (Å²) in [7, 11) is 0. The third kappa shape index (κ3) is 3.83. The first-order valence-electron chi connectivity index (χ1n) is 9.53. The fraction of sp³-hybridized carbons (Fsp3) is 0.600. The van der Waals surface area contributed by atoms with Gasteiger partial charge in [0.25, 0.3) is 0 Å². The van der Waals surface area contributed by atoms with Gasteiger partial charge in [0.15, 0.2) is 0 Å². The SMILES string of the molecule is O=C1CC2(CCN(C(=O)[C@H]3CCOC3)CC2)CN1Cc1cc(F)cc(F)c1. The van der Waals surface area contributed by atoms with Gasteiger partial charge in [0.1, 0.15) is 11.6 Å². The van der Waals surface area contributed by atoms with Gasteiger partial charge >= 0.3 is 0 Å². The van der Waals surface area contributed by atoms with Crippen molar-refractivity contribution in [3.05, 3.63) is 35.4 Å². The number of carbonyl (C=O) groups excluding carboxylic acids is 2. The van der Waals surface area contributed by atoms with Crippen LogP contribution in [-0.2, 0) is 20.9 Å². The Hall–Kier alpha value is -2.02. The molecule has 0 unspecified atom stereocenters. The molecule has 0 N–H and O–H groups in total. The van der Waals surface area contributed by atoms with E-state index in [9.17, 15) is 18.4 Å². The zero-order valence-corrected chi connectivity index (χ0v) is 15.3. The number of amides is 2. The average molecular weight is 378 g/mol. The molecule has 3 saturated heterocycles. The molecule has 0 saturated carbocycles. The van der Waals surface area contributed by atoms with Gasteiger partial charge in [-0.15, -0.1) is 0 Å². The molecule has 3 aliphatic heterocycles. The highest BCUT2D eigenvalue weighted by Crippen LogP contribution is 2.42. The lowest BCUT2D eigenvalue weighted by molar-refractivity contribution is -0.137. The van der Waals surface area contributed by atoms with Crippen molar-refractivity contribution in [2.24, 2.45) is 11.3 Å². The molecule has 27 heavy (non-hydrogen) atoms. The van der Waals surface area contributed by atoms with Crippen LogP contribution in [0.25, 0.3) is 0 Å².